The summed E-state index contributed by atoms with van der Waals surface area (Å²) in [6.45, 7) is 13.9. The molecule has 178 valence electrons. The van der Waals surface area contributed by atoms with Gasteiger partial charge in [0.15, 0.2) is 0 Å². The summed E-state index contributed by atoms with van der Waals surface area (Å²) < 4.78 is 35.5. The second kappa shape index (κ2) is 12.8. The molecule has 0 aliphatic carbocycles. The topological polar surface area (TPSA) is 136 Å². The van der Waals surface area contributed by atoms with Crippen molar-refractivity contribution < 1.29 is 27.3 Å². The molecule has 0 aromatic heterocycles. The number of hydrogen-bond donors (Lipinski definition) is 3. The average molecular weight is 459 g/mol. The van der Waals surface area contributed by atoms with Crippen LogP contribution in [0.25, 0.3) is 0 Å². The van der Waals surface area contributed by atoms with Gasteiger partial charge in [-0.25, -0.2) is 0 Å². The molecule has 0 aliphatic rings. The SMILES string of the molecule is CC(C)C.Cc1cc(C)c(C(C)(C)CC(=O)NCCCS(=O)(=O)O)c(OC(=O)CN)c1. The fraction of sp³-hybridized carbons (Fsp3) is 0.636. The van der Waals surface area contributed by atoms with Crippen LogP contribution in [-0.4, -0.2) is 43.7 Å². The van der Waals surface area contributed by atoms with Crippen molar-refractivity contribution in [3.63, 3.8) is 0 Å². The number of carbonyl (C=O) groups is 2. The third-order valence-electron chi connectivity index (χ3n) is 4.01. The van der Waals surface area contributed by atoms with E-state index in [1.54, 1.807) is 6.07 Å². The van der Waals surface area contributed by atoms with Crippen molar-refractivity contribution in [1.82, 2.24) is 5.32 Å². The van der Waals surface area contributed by atoms with Gasteiger partial charge in [-0.05, 0) is 43.4 Å². The Labute approximate surface area is 186 Å². The van der Waals surface area contributed by atoms with E-state index in [0.29, 0.717) is 5.75 Å². The van der Waals surface area contributed by atoms with Gasteiger partial charge in [0.05, 0.1) is 12.3 Å². The van der Waals surface area contributed by atoms with Crippen LogP contribution in [0, 0.1) is 19.8 Å². The van der Waals surface area contributed by atoms with E-state index < -0.39 is 27.3 Å². The van der Waals surface area contributed by atoms with E-state index in [2.05, 4.69) is 26.1 Å². The molecule has 8 nitrogen and oxygen atoms in total. The second-order valence-corrected chi connectivity index (χ2v) is 10.5. The normalized spacial score (nSPS) is 11.5. The minimum Gasteiger partial charge on any atom is -0.425 e. The van der Waals surface area contributed by atoms with E-state index >= 15 is 0 Å². The van der Waals surface area contributed by atoms with Crippen LogP contribution in [0.5, 0.6) is 5.75 Å². The molecule has 0 spiro atoms. The average Bonchev–Trinajstić information content (AvgIpc) is 2.55. The van der Waals surface area contributed by atoms with Crippen LogP contribution < -0.4 is 15.8 Å². The molecule has 0 saturated heterocycles. The van der Waals surface area contributed by atoms with Gasteiger partial charge in [0.1, 0.15) is 5.75 Å². The molecule has 0 radical (unpaired) electrons. The molecule has 9 heteroatoms. The van der Waals surface area contributed by atoms with Crippen molar-refractivity contribution in [3.05, 3.63) is 28.8 Å². The fourth-order valence-electron chi connectivity index (χ4n) is 3.08. The van der Waals surface area contributed by atoms with Crippen LogP contribution in [-0.2, 0) is 25.1 Å². The highest BCUT2D eigenvalue weighted by atomic mass is 32.2. The Morgan fingerprint density at radius 2 is 1.74 bits per heavy atom. The zero-order chi connectivity index (χ0) is 24.4. The molecule has 4 N–H and O–H groups in total. The van der Waals surface area contributed by atoms with Crippen molar-refractivity contribution in [2.75, 3.05) is 18.8 Å². The number of esters is 1. The molecule has 0 saturated carbocycles. The first-order chi connectivity index (χ1) is 14.1. The summed E-state index contributed by atoms with van der Waals surface area (Å²) in [4.78, 5) is 23.9. The van der Waals surface area contributed by atoms with Gasteiger partial charge in [-0.3, -0.25) is 14.1 Å². The highest BCUT2D eigenvalue weighted by Crippen LogP contribution is 2.38. The van der Waals surface area contributed by atoms with E-state index in [9.17, 15) is 18.0 Å². The number of benzene rings is 1. The Bertz CT molecular complexity index is 845. The van der Waals surface area contributed by atoms with Gasteiger partial charge in [0.2, 0.25) is 5.91 Å². The molecular weight excluding hydrogens is 420 g/mol. The number of hydrogen-bond acceptors (Lipinski definition) is 6. The Hall–Kier alpha value is -1.97. The zero-order valence-electron chi connectivity index (χ0n) is 19.7. The van der Waals surface area contributed by atoms with Gasteiger partial charge in [0.25, 0.3) is 10.1 Å². The standard InChI is InChI=1S/C18H28N2O6S.C4H10/c1-12-8-13(2)17(14(9-12)26-16(22)11-19)18(3,4)10-15(21)20-6-5-7-27(23,24)25;1-4(2)3/h8-9H,5-7,10-11,19H2,1-4H3,(H,20,21)(H,23,24,25);4H,1-3H3. The summed E-state index contributed by atoms with van der Waals surface area (Å²) in [6.07, 6.45) is 0.226. The van der Waals surface area contributed by atoms with Crippen LogP contribution in [0.2, 0.25) is 0 Å². The number of amides is 1. The van der Waals surface area contributed by atoms with E-state index in [1.165, 1.54) is 0 Å². The van der Waals surface area contributed by atoms with Crippen molar-refractivity contribution in [2.24, 2.45) is 11.7 Å². The lowest BCUT2D eigenvalue weighted by molar-refractivity contribution is -0.132. The van der Waals surface area contributed by atoms with Crippen LogP contribution in [0.1, 0.15) is 64.2 Å². The summed E-state index contributed by atoms with van der Waals surface area (Å²) in [5.74, 6) is -0.0299. The Balaban J connectivity index is 0.00000206. The molecule has 0 bridgehead atoms. The lowest BCUT2D eigenvalue weighted by Crippen LogP contribution is -2.33. The van der Waals surface area contributed by atoms with Crippen LogP contribution in [0.15, 0.2) is 12.1 Å². The summed E-state index contributed by atoms with van der Waals surface area (Å²) in [6, 6.07) is 3.68. The Morgan fingerprint density at radius 3 is 2.23 bits per heavy atom. The number of ether oxygens (including phenoxy) is 1. The van der Waals surface area contributed by atoms with Crippen LogP contribution >= 0.6 is 0 Å². The third kappa shape index (κ3) is 12.5. The smallest absolute Gasteiger partial charge is 0.325 e. The number of rotatable bonds is 9. The predicted molar refractivity (Wildman–Crippen MR) is 123 cm³/mol. The summed E-state index contributed by atoms with van der Waals surface area (Å²) >= 11 is 0. The van der Waals surface area contributed by atoms with Crippen LogP contribution in [0.4, 0.5) is 0 Å². The van der Waals surface area contributed by atoms with Gasteiger partial charge < -0.3 is 15.8 Å². The quantitative estimate of drug-likeness (QED) is 0.224. The largest absolute Gasteiger partial charge is 0.425 e. The maximum Gasteiger partial charge on any atom is 0.325 e. The first kappa shape index (κ1) is 29.0. The third-order valence-corrected chi connectivity index (χ3v) is 4.82. The fourth-order valence-corrected chi connectivity index (χ4v) is 3.58. The second-order valence-electron chi connectivity index (χ2n) is 8.92. The molecule has 0 unspecified atom stereocenters. The summed E-state index contributed by atoms with van der Waals surface area (Å²) in [5, 5.41) is 2.64. The van der Waals surface area contributed by atoms with Gasteiger partial charge in [-0.2, -0.15) is 8.42 Å². The van der Waals surface area contributed by atoms with Crippen molar-refractivity contribution in [1.29, 1.82) is 0 Å². The summed E-state index contributed by atoms with van der Waals surface area (Å²) in [5.41, 5.74) is 7.24. The highest BCUT2D eigenvalue weighted by Gasteiger charge is 2.30. The minimum absolute atomic E-state index is 0.107. The summed E-state index contributed by atoms with van der Waals surface area (Å²) in [7, 11) is -4.04. The first-order valence-electron chi connectivity index (χ1n) is 10.3. The predicted octanol–water partition coefficient (Wildman–Crippen LogP) is 2.89. The molecule has 0 heterocycles. The molecule has 31 heavy (non-hydrogen) atoms. The van der Waals surface area contributed by atoms with E-state index in [0.717, 1.165) is 22.6 Å². The molecule has 1 aromatic rings. The molecule has 1 aromatic carbocycles. The van der Waals surface area contributed by atoms with Crippen LogP contribution in [0.3, 0.4) is 0 Å². The van der Waals surface area contributed by atoms with Gasteiger partial charge >= 0.3 is 5.97 Å². The molecule has 1 amide bonds. The maximum atomic E-state index is 12.3. The van der Waals surface area contributed by atoms with Gasteiger partial charge in [-0.1, -0.05) is 40.7 Å². The minimum atomic E-state index is -4.04. The van der Waals surface area contributed by atoms with E-state index in [1.807, 2.05) is 33.8 Å². The first-order valence-corrected chi connectivity index (χ1v) is 11.9. The number of carbonyl (C=O) groups excluding carboxylic acids is 2. The van der Waals surface area contributed by atoms with Gasteiger partial charge in [0, 0.05) is 23.9 Å². The maximum absolute atomic E-state index is 12.3. The van der Waals surface area contributed by atoms with Gasteiger partial charge in [-0.15, -0.1) is 0 Å². The molecule has 0 aliphatic heterocycles. The van der Waals surface area contributed by atoms with Crippen molar-refractivity contribution in [2.45, 2.75) is 66.7 Å². The zero-order valence-corrected chi connectivity index (χ0v) is 20.6. The Morgan fingerprint density at radius 1 is 1.19 bits per heavy atom. The van der Waals surface area contributed by atoms with E-state index in [4.69, 9.17) is 15.0 Å². The lowest BCUT2D eigenvalue weighted by Gasteiger charge is -2.29. The molecule has 0 fully saturated rings. The number of nitrogens with two attached hydrogens (primary N) is 1. The Kier molecular flexibility index (Phi) is 12.0. The lowest BCUT2D eigenvalue weighted by atomic mass is 9.78. The molecule has 0 atom stereocenters. The number of nitrogens with one attached hydrogen (secondary N) is 1. The monoisotopic (exact) mass is 458 g/mol. The van der Waals surface area contributed by atoms with E-state index in [-0.39, 0.29) is 31.8 Å². The van der Waals surface area contributed by atoms with Crippen molar-refractivity contribution >= 4 is 22.0 Å². The molecular formula is C22H38N2O6S. The number of aryl methyl sites for hydroxylation is 2. The van der Waals surface area contributed by atoms with Crippen molar-refractivity contribution in [3.8, 4) is 5.75 Å². The highest BCUT2D eigenvalue weighted by molar-refractivity contribution is 7.85. The molecule has 1 rings (SSSR count).